The van der Waals surface area contributed by atoms with E-state index in [-0.39, 0.29) is 5.92 Å². The van der Waals surface area contributed by atoms with E-state index in [9.17, 15) is 14.7 Å². The van der Waals surface area contributed by atoms with Crippen molar-refractivity contribution < 1.29 is 14.7 Å². The van der Waals surface area contributed by atoms with Gasteiger partial charge >= 0.3 is 5.97 Å². The minimum absolute atomic E-state index is 0.0119. The Morgan fingerprint density at radius 3 is 1.82 bits per heavy atom. The van der Waals surface area contributed by atoms with E-state index in [1.54, 1.807) is 0 Å². The van der Waals surface area contributed by atoms with Gasteiger partial charge in [-0.25, -0.2) is 0 Å². The van der Waals surface area contributed by atoms with Gasteiger partial charge in [-0.2, -0.15) is 0 Å². The maximum absolute atomic E-state index is 11.4. The number of rotatable bonds is 3. The molecule has 0 spiro atoms. The highest BCUT2D eigenvalue weighted by atomic mass is 16.4. The van der Waals surface area contributed by atoms with Gasteiger partial charge in [0.1, 0.15) is 5.92 Å². The number of carbonyl (C=O) groups is 2. The SMILES string of the molecule is NC(=O)C(C(=O)O)C1C2CC3CC(C2)CC1C3. The summed E-state index contributed by atoms with van der Waals surface area (Å²) in [6.07, 6.45) is 5.81. The van der Waals surface area contributed by atoms with Gasteiger partial charge in [-0.3, -0.25) is 9.59 Å². The third-order valence-corrected chi connectivity index (χ3v) is 5.26. The molecule has 0 aromatic carbocycles. The molecule has 4 bridgehead atoms. The second-order valence-corrected chi connectivity index (χ2v) is 6.23. The molecule has 0 aliphatic heterocycles. The van der Waals surface area contributed by atoms with Crippen LogP contribution in [0.15, 0.2) is 0 Å². The molecule has 4 rings (SSSR count). The number of nitrogens with two attached hydrogens (primary N) is 1. The molecule has 0 aromatic rings. The van der Waals surface area contributed by atoms with E-state index in [2.05, 4.69) is 0 Å². The first-order chi connectivity index (χ1) is 8.06. The molecule has 0 saturated heterocycles. The van der Waals surface area contributed by atoms with Gasteiger partial charge in [0, 0.05) is 0 Å². The second kappa shape index (κ2) is 3.72. The molecular weight excluding hydrogens is 218 g/mol. The monoisotopic (exact) mass is 237 g/mol. The zero-order valence-electron chi connectivity index (χ0n) is 9.84. The van der Waals surface area contributed by atoms with Crippen molar-refractivity contribution in [2.45, 2.75) is 32.1 Å². The highest BCUT2D eigenvalue weighted by molar-refractivity contribution is 5.96. The van der Waals surface area contributed by atoms with Crippen LogP contribution in [0, 0.1) is 35.5 Å². The van der Waals surface area contributed by atoms with Crippen LogP contribution in [0.4, 0.5) is 0 Å². The molecule has 94 valence electrons. The first-order valence-corrected chi connectivity index (χ1v) is 6.58. The fourth-order valence-electron chi connectivity index (χ4n) is 4.99. The molecule has 0 aromatic heterocycles. The lowest BCUT2D eigenvalue weighted by Crippen LogP contribution is -2.52. The number of amides is 1. The molecule has 4 fully saturated rings. The summed E-state index contributed by atoms with van der Waals surface area (Å²) >= 11 is 0. The molecule has 4 nitrogen and oxygen atoms in total. The zero-order chi connectivity index (χ0) is 12.2. The topological polar surface area (TPSA) is 80.4 Å². The van der Waals surface area contributed by atoms with Gasteiger partial charge in [0.15, 0.2) is 0 Å². The number of carboxylic acids is 1. The van der Waals surface area contributed by atoms with Gasteiger partial charge in [-0.1, -0.05) is 0 Å². The van der Waals surface area contributed by atoms with E-state index >= 15 is 0 Å². The van der Waals surface area contributed by atoms with E-state index in [0.717, 1.165) is 37.5 Å². The lowest BCUT2D eigenvalue weighted by atomic mass is 9.49. The van der Waals surface area contributed by atoms with Gasteiger partial charge in [-0.05, 0) is 61.7 Å². The van der Waals surface area contributed by atoms with Crippen molar-refractivity contribution >= 4 is 11.9 Å². The highest BCUT2D eigenvalue weighted by Crippen LogP contribution is 2.58. The summed E-state index contributed by atoms with van der Waals surface area (Å²) in [5.41, 5.74) is 5.30. The fourth-order valence-corrected chi connectivity index (χ4v) is 4.99. The second-order valence-electron chi connectivity index (χ2n) is 6.23. The Bertz CT molecular complexity index is 324. The minimum atomic E-state index is -1.02. The van der Waals surface area contributed by atoms with Crippen LogP contribution in [0.25, 0.3) is 0 Å². The van der Waals surface area contributed by atoms with Crippen molar-refractivity contribution in [2.24, 2.45) is 41.2 Å². The number of carbonyl (C=O) groups excluding carboxylic acids is 1. The Morgan fingerprint density at radius 1 is 1.00 bits per heavy atom. The maximum Gasteiger partial charge on any atom is 0.316 e. The smallest absolute Gasteiger partial charge is 0.316 e. The van der Waals surface area contributed by atoms with E-state index in [4.69, 9.17) is 5.73 Å². The van der Waals surface area contributed by atoms with Crippen molar-refractivity contribution in [2.75, 3.05) is 0 Å². The van der Waals surface area contributed by atoms with Gasteiger partial charge in [0.25, 0.3) is 0 Å². The quantitative estimate of drug-likeness (QED) is 0.725. The lowest BCUT2D eigenvalue weighted by Gasteiger charge is -2.55. The van der Waals surface area contributed by atoms with Crippen molar-refractivity contribution in [1.82, 2.24) is 0 Å². The van der Waals surface area contributed by atoms with Crippen LogP contribution < -0.4 is 5.73 Å². The summed E-state index contributed by atoms with van der Waals surface area (Å²) in [7, 11) is 0. The molecule has 4 saturated carbocycles. The largest absolute Gasteiger partial charge is 0.481 e. The van der Waals surface area contributed by atoms with Gasteiger partial charge < -0.3 is 10.8 Å². The van der Waals surface area contributed by atoms with Crippen LogP contribution in [0.3, 0.4) is 0 Å². The lowest BCUT2D eigenvalue weighted by molar-refractivity contribution is -0.156. The third-order valence-electron chi connectivity index (χ3n) is 5.26. The van der Waals surface area contributed by atoms with Crippen LogP contribution >= 0.6 is 0 Å². The van der Waals surface area contributed by atoms with Crippen LogP contribution in [-0.2, 0) is 9.59 Å². The standard InChI is InChI=1S/C13H19NO3/c14-12(15)11(13(16)17)10-8-2-6-1-7(4-8)5-9(10)3-6/h6-11H,1-5H2,(H2,14,15)(H,16,17). The number of carboxylic acid groups (broad SMARTS) is 1. The van der Waals surface area contributed by atoms with Crippen molar-refractivity contribution in [3.63, 3.8) is 0 Å². The van der Waals surface area contributed by atoms with Crippen LogP contribution in [0.5, 0.6) is 0 Å². The van der Waals surface area contributed by atoms with E-state index in [0.29, 0.717) is 11.8 Å². The summed E-state index contributed by atoms with van der Waals surface area (Å²) in [5.74, 6) is -0.167. The van der Waals surface area contributed by atoms with Crippen LogP contribution in [0.1, 0.15) is 32.1 Å². The first kappa shape index (κ1) is 11.1. The molecule has 0 radical (unpaired) electrons. The Morgan fingerprint density at radius 2 is 1.47 bits per heavy atom. The number of primary amides is 1. The summed E-state index contributed by atoms with van der Waals surface area (Å²) in [6, 6.07) is 0. The molecule has 3 N–H and O–H groups in total. The van der Waals surface area contributed by atoms with Crippen LogP contribution in [0.2, 0.25) is 0 Å². The maximum atomic E-state index is 11.4. The van der Waals surface area contributed by atoms with Gasteiger partial charge in [0.05, 0.1) is 0 Å². The third kappa shape index (κ3) is 1.65. The molecular formula is C13H19NO3. The predicted molar refractivity (Wildman–Crippen MR) is 60.9 cm³/mol. The highest BCUT2D eigenvalue weighted by Gasteiger charge is 2.53. The molecule has 4 aliphatic rings. The van der Waals surface area contributed by atoms with E-state index in [1.807, 2.05) is 0 Å². The average Bonchev–Trinajstić information content (AvgIpc) is 2.20. The number of hydrogen-bond donors (Lipinski definition) is 2. The predicted octanol–water partition coefficient (Wildman–Crippen LogP) is 1.24. The Labute approximate surface area is 101 Å². The Balaban J connectivity index is 1.88. The summed E-state index contributed by atoms with van der Waals surface area (Å²) in [4.78, 5) is 22.7. The Kier molecular flexibility index (Phi) is 2.42. The molecule has 1 unspecified atom stereocenters. The normalized spacial score (nSPS) is 44.6. The molecule has 4 heteroatoms. The molecule has 1 atom stereocenters. The van der Waals surface area contributed by atoms with E-state index in [1.165, 1.54) is 6.42 Å². The van der Waals surface area contributed by atoms with E-state index < -0.39 is 17.8 Å². The minimum Gasteiger partial charge on any atom is -0.481 e. The number of aliphatic carboxylic acids is 1. The van der Waals surface area contributed by atoms with Crippen molar-refractivity contribution in [1.29, 1.82) is 0 Å². The van der Waals surface area contributed by atoms with Crippen molar-refractivity contribution in [3.8, 4) is 0 Å². The molecule has 1 amide bonds. The van der Waals surface area contributed by atoms with Crippen LogP contribution in [-0.4, -0.2) is 17.0 Å². The summed E-state index contributed by atoms with van der Waals surface area (Å²) in [5, 5.41) is 9.23. The van der Waals surface area contributed by atoms with Crippen molar-refractivity contribution in [3.05, 3.63) is 0 Å². The molecule has 17 heavy (non-hydrogen) atoms. The zero-order valence-corrected chi connectivity index (χ0v) is 9.84. The summed E-state index contributed by atoms with van der Waals surface area (Å²) in [6.45, 7) is 0. The fraction of sp³-hybridized carbons (Fsp3) is 0.846. The Hall–Kier alpha value is -1.06. The number of hydrogen-bond acceptors (Lipinski definition) is 2. The van der Waals surface area contributed by atoms with Gasteiger partial charge in [0.2, 0.25) is 5.91 Å². The molecule has 4 aliphatic carbocycles. The summed E-state index contributed by atoms with van der Waals surface area (Å²) < 4.78 is 0. The van der Waals surface area contributed by atoms with Gasteiger partial charge in [-0.15, -0.1) is 0 Å². The average molecular weight is 237 g/mol. The first-order valence-electron chi connectivity index (χ1n) is 6.58. The molecule has 0 heterocycles.